The van der Waals surface area contributed by atoms with E-state index in [1.165, 1.54) is 7.11 Å². The fourth-order valence-corrected chi connectivity index (χ4v) is 1.64. The number of nitrogens with one attached hydrogen (secondary N) is 3. The van der Waals surface area contributed by atoms with Crippen molar-refractivity contribution in [2.45, 2.75) is 6.42 Å². The van der Waals surface area contributed by atoms with Crippen molar-refractivity contribution >= 4 is 17.6 Å². The number of hydrogen-bond donors (Lipinski definition) is 3. The molecule has 1 aliphatic heterocycles. The van der Waals surface area contributed by atoms with Gasteiger partial charge in [-0.15, -0.1) is 0 Å². The van der Waals surface area contributed by atoms with Gasteiger partial charge in [-0.1, -0.05) is 6.08 Å². The Morgan fingerprint density at radius 3 is 2.63 bits per heavy atom. The van der Waals surface area contributed by atoms with Gasteiger partial charge in [0.2, 0.25) is 0 Å². The van der Waals surface area contributed by atoms with Crippen molar-refractivity contribution in [3.8, 4) is 0 Å². The number of ether oxygens (including phenoxy) is 1. The fraction of sp³-hybridized carbons (Fsp3) is 0.231. The van der Waals surface area contributed by atoms with Gasteiger partial charge in [0, 0.05) is 6.54 Å². The number of amides is 1. The Balaban J connectivity index is 1.95. The lowest BCUT2D eigenvalue weighted by atomic mass is 10.2. The Bertz CT molecular complexity index is 508. The van der Waals surface area contributed by atoms with Gasteiger partial charge >= 0.3 is 5.97 Å². The highest BCUT2D eigenvalue weighted by molar-refractivity contribution is 5.93. The van der Waals surface area contributed by atoms with Crippen LogP contribution in [0.5, 0.6) is 0 Å². The number of benzene rings is 1. The summed E-state index contributed by atoms with van der Waals surface area (Å²) in [6.07, 6.45) is 2.63. The molecule has 0 bridgehead atoms. The van der Waals surface area contributed by atoms with Crippen LogP contribution in [0.3, 0.4) is 0 Å². The van der Waals surface area contributed by atoms with Crippen LogP contribution in [0.1, 0.15) is 16.8 Å². The van der Waals surface area contributed by atoms with E-state index in [4.69, 9.17) is 0 Å². The molecule has 2 rings (SSSR count). The van der Waals surface area contributed by atoms with E-state index in [1.54, 1.807) is 24.3 Å². The molecule has 0 atom stereocenters. The molecule has 3 N–H and O–H groups in total. The van der Waals surface area contributed by atoms with Crippen molar-refractivity contribution in [3.05, 3.63) is 41.6 Å². The molecule has 0 fully saturated rings. The zero-order valence-electron chi connectivity index (χ0n) is 10.5. The summed E-state index contributed by atoms with van der Waals surface area (Å²) in [6.45, 7) is 0.665. The average molecular weight is 261 g/mol. The summed E-state index contributed by atoms with van der Waals surface area (Å²) in [5.41, 5.74) is 7.44. The molecule has 0 aromatic heterocycles. The Kier molecular flexibility index (Phi) is 4.02. The van der Waals surface area contributed by atoms with Crippen molar-refractivity contribution in [2.75, 3.05) is 19.1 Å². The molecule has 0 radical (unpaired) electrons. The second-order valence-electron chi connectivity index (χ2n) is 3.98. The molecule has 0 aliphatic carbocycles. The number of anilines is 1. The molecule has 100 valence electrons. The molecule has 1 aliphatic rings. The van der Waals surface area contributed by atoms with Gasteiger partial charge in [-0.2, -0.15) is 0 Å². The van der Waals surface area contributed by atoms with Crippen LogP contribution < -0.4 is 16.2 Å². The molecule has 19 heavy (non-hydrogen) atoms. The van der Waals surface area contributed by atoms with Gasteiger partial charge in [0.1, 0.15) is 5.70 Å². The van der Waals surface area contributed by atoms with Crippen LogP contribution in [-0.4, -0.2) is 25.5 Å². The van der Waals surface area contributed by atoms with Gasteiger partial charge in [0.25, 0.3) is 5.91 Å². The van der Waals surface area contributed by atoms with Gasteiger partial charge in [-0.05, 0) is 30.7 Å². The van der Waals surface area contributed by atoms with Gasteiger partial charge in [-0.25, -0.2) is 4.79 Å². The van der Waals surface area contributed by atoms with E-state index in [9.17, 15) is 9.59 Å². The SMILES string of the molecule is COC(=O)c1ccc(NNC2=CCCNC2=O)cc1. The van der Waals surface area contributed by atoms with Gasteiger partial charge in [0.15, 0.2) is 0 Å². The van der Waals surface area contributed by atoms with Crippen LogP contribution in [0.2, 0.25) is 0 Å². The molecular weight excluding hydrogens is 246 g/mol. The van der Waals surface area contributed by atoms with Crippen molar-refractivity contribution in [1.82, 2.24) is 10.7 Å². The van der Waals surface area contributed by atoms with Crippen LogP contribution in [0, 0.1) is 0 Å². The number of carbonyl (C=O) groups is 2. The monoisotopic (exact) mass is 261 g/mol. The fourth-order valence-electron chi connectivity index (χ4n) is 1.64. The topological polar surface area (TPSA) is 79.5 Å². The number of methoxy groups -OCH3 is 1. The molecule has 0 saturated heterocycles. The molecule has 0 spiro atoms. The standard InChI is InChI=1S/C13H15N3O3/c1-19-13(18)9-4-6-10(7-5-9)15-16-11-3-2-8-14-12(11)17/h3-7,15-16H,2,8H2,1H3,(H,14,17). The summed E-state index contributed by atoms with van der Waals surface area (Å²) in [5, 5.41) is 2.73. The molecule has 1 aromatic carbocycles. The van der Waals surface area contributed by atoms with E-state index in [2.05, 4.69) is 20.9 Å². The smallest absolute Gasteiger partial charge is 0.337 e. The summed E-state index contributed by atoms with van der Waals surface area (Å²) in [7, 11) is 1.34. The lowest BCUT2D eigenvalue weighted by molar-refractivity contribution is -0.118. The van der Waals surface area contributed by atoms with Crippen molar-refractivity contribution < 1.29 is 14.3 Å². The molecule has 6 nitrogen and oxygen atoms in total. The minimum absolute atomic E-state index is 0.134. The molecule has 6 heteroatoms. The highest BCUT2D eigenvalue weighted by Gasteiger charge is 2.12. The van der Waals surface area contributed by atoms with E-state index in [0.29, 0.717) is 17.8 Å². The minimum atomic E-state index is -0.381. The number of carbonyl (C=O) groups excluding carboxylic acids is 2. The largest absolute Gasteiger partial charge is 0.465 e. The number of hydrogen-bond acceptors (Lipinski definition) is 5. The highest BCUT2D eigenvalue weighted by atomic mass is 16.5. The molecular formula is C13H15N3O3. The minimum Gasteiger partial charge on any atom is -0.465 e. The zero-order valence-corrected chi connectivity index (χ0v) is 10.5. The van der Waals surface area contributed by atoms with E-state index >= 15 is 0 Å². The summed E-state index contributed by atoms with van der Waals surface area (Å²) >= 11 is 0. The van der Waals surface area contributed by atoms with Gasteiger partial charge < -0.3 is 15.5 Å². The normalized spacial score (nSPS) is 14.2. The predicted octanol–water partition coefficient (Wildman–Crippen LogP) is 0.793. The third kappa shape index (κ3) is 3.25. The third-order valence-corrected chi connectivity index (χ3v) is 2.67. The first-order chi connectivity index (χ1) is 9.20. The second-order valence-corrected chi connectivity index (χ2v) is 3.98. The molecule has 0 unspecified atom stereocenters. The van der Waals surface area contributed by atoms with Crippen LogP contribution in [0.15, 0.2) is 36.0 Å². The molecule has 1 amide bonds. The van der Waals surface area contributed by atoms with Crippen molar-refractivity contribution in [2.24, 2.45) is 0 Å². The predicted molar refractivity (Wildman–Crippen MR) is 70.2 cm³/mol. The maximum atomic E-state index is 11.5. The maximum Gasteiger partial charge on any atom is 0.337 e. The number of hydrazine groups is 1. The van der Waals surface area contributed by atoms with Crippen LogP contribution in [-0.2, 0) is 9.53 Å². The Labute approximate surface area is 110 Å². The first-order valence-corrected chi connectivity index (χ1v) is 5.89. The van der Waals surface area contributed by atoms with E-state index < -0.39 is 0 Å². The summed E-state index contributed by atoms with van der Waals surface area (Å²) in [4.78, 5) is 22.7. The third-order valence-electron chi connectivity index (χ3n) is 2.67. The lowest BCUT2D eigenvalue weighted by Gasteiger charge is -2.16. The average Bonchev–Trinajstić information content (AvgIpc) is 2.46. The quantitative estimate of drug-likeness (QED) is 0.551. The van der Waals surface area contributed by atoms with Gasteiger partial charge in [-0.3, -0.25) is 10.2 Å². The Hall–Kier alpha value is -2.50. The van der Waals surface area contributed by atoms with Crippen LogP contribution >= 0.6 is 0 Å². The summed E-state index contributed by atoms with van der Waals surface area (Å²) < 4.78 is 4.61. The van der Waals surface area contributed by atoms with Crippen LogP contribution in [0.4, 0.5) is 5.69 Å². The van der Waals surface area contributed by atoms with E-state index in [0.717, 1.165) is 12.1 Å². The van der Waals surface area contributed by atoms with Crippen LogP contribution in [0.25, 0.3) is 0 Å². The highest BCUT2D eigenvalue weighted by Crippen LogP contribution is 2.10. The summed E-state index contributed by atoms with van der Waals surface area (Å²) in [5.74, 6) is -0.515. The zero-order chi connectivity index (χ0) is 13.7. The first-order valence-electron chi connectivity index (χ1n) is 5.89. The molecule has 0 saturated carbocycles. The van der Waals surface area contributed by atoms with E-state index in [1.807, 2.05) is 6.08 Å². The first kappa shape index (κ1) is 12.9. The number of rotatable bonds is 4. The van der Waals surface area contributed by atoms with E-state index in [-0.39, 0.29) is 11.9 Å². The molecule has 1 heterocycles. The Morgan fingerprint density at radius 1 is 1.26 bits per heavy atom. The molecule has 1 aromatic rings. The lowest BCUT2D eigenvalue weighted by Crippen LogP contribution is -2.37. The summed E-state index contributed by atoms with van der Waals surface area (Å²) in [6, 6.07) is 6.73. The maximum absolute atomic E-state index is 11.5. The Morgan fingerprint density at radius 2 is 2.00 bits per heavy atom. The second kappa shape index (κ2) is 5.90. The number of esters is 1. The van der Waals surface area contributed by atoms with Crippen molar-refractivity contribution in [3.63, 3.8) is 0 Å². The van der Waals surface area contributed by atoms with Crippen molar-refractivity contribution in [1.29, 1.82) is 0 Å². The van der Waals surface area contributed by atoms with Gasteiger partial charge in [0.05, 0.1) is 18.4 Å².